The lowest BCUT2D eigenvalue weighted by atomic mass is 9.88. The summed E-state index contributed by atoms with van der Waals surface area (Å²) in [6.45, 7) is 3.50. The largest absolute Gasteiger partial charge is 0.481 e. The third kappa shape index (κ3) is 2.52. The van der Waals surface area contributed by atoms with E-state index < -0.39 is 36.0 Å². The molecule has 0 bridgehead atoms. The Morgan fingerprint density at radius 1 is 1.56 bits per heavy atom. The SMILES string of the molecule is CCCCC(O)[C@@H]1OC(=O)[C@@H](C)[C@@H]1C(=O)O. The van der Waals surface area contributed by atoms with Gasteiger partial charge in [0.1, 0.15) is 12.0 Å². The van der Waals surface area contributed by atoms with E-state index in [9.17, 15) is 14.7 Å². The molecule has 0 aromatic heterocycles. The average Bonchev–Trinajstić information content (AvgIpc) is 2.52. The third-order valence-electron chi connectivity index (χ3n) is 3.03. The van der Waals surface area contributed by atoms with Crippen LogP contribution in [0.3, 0.4) is 0 Å². The number of aliphatic hydroxyl groups is 1. The standard InChI is InChI=1S/C11H18O5/c1-3-4-5-7(12)9-8(10(13)14)6(2)11(15)16-9/h6-9,12H,3-5H2,1-2H3,(H,13,14)/t6-,7?,8-,9-/m0/s1. The Kier molecular flexibility index (Phi) is 4.29. The summed E-state index contributed by atoms with van der Waals surface area (Å²) in [7, 11) is 0. The molecule has 5 heteroatoms. The van der Waals surface area contributed by atoms with Crippen molar-refractivity contribution in [1.82, 2.24) is 0 Å². The van der Waals surface area contributed by atoms with Crippen LogP contribution in [0.5, 0.6) is 0 Å². The zero-order valence-electron chi connectivity index (χ0n) is 9.55. The molecular weight excluding hydrogens is 212 g/mol. The van der Waals surface area contributed by atoms with E-state index >= 15 is 0 Å². The van der Waals surface area contributed by atoms with E-state index in [0.29, 0.717) is 6.42 Å². The van der Waals surface area contributed by atoms with Gasteiger partial charge in [0.2, 0.25) is 0 Å². The van der Waals surface area contributed by atoms with Gasteiger partial charge in [-0.2, -0.15) is 0 Å². The number of carboxylic acids is 1. The van der Waals surface area contributed by atoms with Gasteiger partial charge in [0.25, 0.3) is 0 Å². The first-order valence-electron chi connectivity index (χ1n) is 5.60. The lowest BCUT2D eigenvalue weighted by Crippen LogP contribution is -2.37. The molecule has 16 heavy (non-hydrogen) atoms. The van der Waals surface area contributed by atoms with E-state index in [0.717, 1.165) is 12.8 Å². The van der Waals surface area contributed by atoms with Gasteiger partial charge in [-0.15, -0.1) is 0 Å². The molecule has 1 saturated heterocycles. The molecule has 1 rings (SSSR count). The Labute approximate surface area is 94.4 Å². The first kappa shape index (κ1) is 13.0. The fraction of sp³-hybridized carbons (Fsp3) is 0.818. The number of unbranched alkanes of at least 4 members (excludes halogenated alkanes) is 1. The topological polar surface area (TPSA) is 83.8 Å². The predicted molar refractivity (Wildman–Crippen MR) is 55.7 cm³/mol. The fourth-order valence-electron chi connectivity index (χ4n) is 2.00. The van der Waals surface area contributed by atoms with Gasteiger partial charge in [-0.3, -0.25) is 9.59 Å². The lowest BCUT2D eigenvalue weighted by Gasteiger charge is -2.21. The van der Waals surface area contributed by atoms with Gasteiger partial charge in [-0.25, -0.2) is 0 Å². The Morgan fingerprint density at radius 2 is 2.19 bits per heavy atom. The first-order valence-corrected chi connectivity index (χ1v) is 5.60. The summed E-state index contributed by atoms with van der Waals surface area (Å²) in [6, 6.07) is 0. The molecule has 0 aromatic rings. The molecule has 0 spiro atoms. The molecule has 92 valence electrons. The van der Waals surface area contributed by atoms with E-state index in [1.54, 1.807) is 0 Å². The van der Waals surface area contributed by atoms with Crippen LogP contribution < -0.4 is 0 Å². The van der Waals surface area contributed by atoms with Crippen LogP contribution in [0, 0.1) is 11.8 Å². The molecule has 1 aliphatic rings. The number of hydrogen-bond donors (Lipinski definition) is 2. The summed E-state index contributed by atoms with van der Waals surface area (Å²) in [6.07, 6.45) is 0.382. The van der Waals surface area contributed by atoms with Gasteiger partial charge in [0.15, 0.2) is 0 Å². The summed E-state index contributed by atoms with van der Waals surface area (Å²) in [5.74, 6) is -3.23. The molecular formula is C11H18O5. The molecule has 4 atom stereocenters. The number of rotatable bonds is 5. The quantitative estimate of drug-likeness (QED) is 0.682. The second-order valence-electron chi connectivity index (χ2n) is 4.26. The monoisotopic (exact) mass is 230 g/mol. The number of esters is 1. The lowest BCUT2D eigenvalue weighted by molar-refractivity contribution is -0.150. The molecule has 0 radical (unpaired) electrons. The van der Waals surface area contributed by atoms with Crippen molar-refractivity contribution in [1.29, 1.82) is 0 Å². The van der Waals surface area contributed by atoms with Crippen LogP contribution in [-0.2, 0) is 14.3 Å². The van der Waals surface area contributed by atoms with E-state index in [1.807, 2.05) is 6.92 Å². The summed E-state index contributed by atoms with van der Waals surface area (Å²) >= 11 is 0. The van der Waals surface area contributed by atoms with Crippen molar-refractivity contribution in [3.8, 4) is 0 Å². The molecule has 0 aliphatic carbocycles. The highest BCUT2D eigenvalue weighted by molar-refractivity contribution is 5.84. The minimum Gasteiger partial charge on any atom is -0.481 e. The van der Waals surface area contributed by atoms with E-state index in [2.05, 4.69) is 0 Å². The average molecular weight is 230 g/mol. The van der Waals surface area contributed by atoms with Crippen LogP contribution in [0.25, 0.3) is 0 Å². The third-order valence-corrected chi connectivity index (χ3v) is 3.03. The van der Waals surface area contributed by atoms with Crippen molar-refractivity contribution >= 4 is 11.9 Å². The fourth-order valence-corrected chi connectivity index (χ4v) is 2.00. The summed E-state index contributed by atoms with van der Waals surface area (Å²) in [5.41, 5.74) is 0. The van der Waals surface area contributed by atoms with Crippen molar-refractivity contribution < 1.29 is 24.5 Å². The highest BCUT2D eigenvalue weighted by Gasteiger charge is 2.49. The zero-order valence-corrected chi connectivity index (χ0v) is 9.55. The zero-order chi connectivity index (χ0) is 12.3. The van der Waals surface area contributed by atoms with Gasteiger partial charge in [-0.05, 0) is 6.42 Å². The molecule has 0 aromatic carbocycles. The number of carboxylic acid groups (broad SMARTS) is 1. The van der Waals surface area contributed by atoms with Crippen molar-refractivity contribution in [3.63, 3.8) is 0 Å². The molecule has 1 unspecified atom stereocenters. The molecule has 2 N–H and O–H groups in total. The highest BCUT2D eigenvalue weighted by Crippen LogP contribution is 2.31. The molecule has 0 saturated carbocycles. The van der Waals surface area contributed by atoms with E-state index in [-0.39, 0.29) is 0 Å². The first-order chi connectivity index (χ1) is 7.49. The minimum absolute atomic E-state index is 0.463. The number of aliphatic carboxylic acids is 1. The number of carbonyl (C=O) groups is 2. The smallest absolute Gasteiger partial charge is 0.311 e. The van der Waals surface area contributed by atoms with Gasteiger partial charge >= 0.3 is 11.9 Å². The van der Waals surface area contributed by atoms with Gasteiger partial charge < -0.3 is 14.9 Å². The minimum atomic E-state index is -1.08. The Morgan fingerprint density at radius 3 is 2.69 bits per heavy atom. The molecule has 1 heterocycles. The second kappa shape index (κ2) is 5.30. The van der Waals surface area contributed by atoms with Crippen molar-refractivity contribution in [3.05, 3.63) is 0 Å². The van der Waals surface area contributed by atoms with Crippen LogP contribution in [0.2, 0.25) is 0 Å². The van der Waals surface area contributed by atoms with Crippen LogP contribution >= 0.6 is 0 Å². The maximum absolute atomic E-state index is 11.3. The van der Waals surface area contributed by atoms with Crippen molar-refractivity contribution in [2.24, 2.45) is 11.8 Å². The second-order valence-corrected chi connectivity index (χ2v) is 4.26. The number of ether oxygens (including phenoxy) is 1. The predicted octanol–water partition coefficient (Wildman–Crippen LogP) is 0.800. The van der Waals surface area contributed by atoms with Crippen LogP contribution in [0.4, 0.5) is 0 Å². The van der Waals surface area contributed by atoms with Gasteiger partial charge in [0, 0.05) is 0 Å². The molecule has 1 aliphatic heterocycles. The van der Waals surface area contributed by atoms with Crippen LogP contribution in [-0.4, -0.2) is 34.4 Å². The summed E-state index contributed by atoms with van der Waals surface area (Å²) < 4.78 is 4.94. The normalized spacial score (nSPS) is 31.2. The van der Waals surface area contributed by atoms with Crippen molar-refractivity contribution in [2.75, 3.05) is 0 Å². The van der Waals surface area contributed by atoms with Gasteiger partial charge in [-0.1, -0.05) is 26.7 Å². The highest BCUT2D eigenvalue weighted by atomic mass is 16.6. The van der Waals surface area contributed by atoms with Crippen molar-refractivity contribution in [2.45, 2.75) is 45.3 Å². The Hall–Kier alpha value is -1.10. The molecule has 1 fully saturated rings. The maximum atomic E-state index is 11.3. The number of aliphatic hydroxyl groups excluding tert-OH is 1. The van der Waals surface area contributed by atoms with Gasteiger partial charge in [0.05, 0.1) is 12.0 Å². The summed E-state index contributed by atoms with van der Waals surface area (Å²) in [5, 5.41) is 18.8. The molecule has 0 amide bonds. The number of cyclic esters (lactones) is 1. The Balaban J connectivity index is 2.70. The van der Waals surface area contributed by atoms with Crippen LogP contribution in [0.15, 0.2) is 0 Å². The van der Waals surface area contributed by atoms with Crippen LogP contribution in [0.1, 0.15) is 33.1 Å². The summed E-state index contributed by atoms with van der Waals surface area (Å²) in [4.78, 5) is 22.3. The number of hydrogen-bond acceptors (Lipinski definition) is 4. The van der Waals surface area contributed by atoms with E-state index in [1.165, 1.54) is 6.92 Å². The van der Waals surface area contributed by atoms with E-state index in [4.69, 9.17) is 9.84 Å². The number of carbonyl (C=O) groups excluding carboxylic acids is 1. The maximum Gasteiger partial charge on any atom is 0.311 e. The molecule has 5 nitrogen and oxygen atoms in total. The Bertz CT molecular complexity index is 276.